The minimum atomic E-state index is 0.0975. The highest BCUT2D eigenvalue weighted by atomic mass is 32.2. The van der Waals surface area contributed by atoms with Gasteiger partial charge in [-0.15, -0.1) is 11.8 Å². The smallest absolute Gasteiger partial charge is 0.230 e. The molecule has 12 heavy (non-hydrogen) atoms. The monoisotopic (exact) mass is 189 g/mol. The van der Waals surface area contributed by atoms with Crippen LogP contribution in [0.25, 0.3) is 0 Å². The summed E-state index contributed by atoms with van der Waals surface area (Å²) in [6.45, 7) is 0.999. The zero-order valence-corrected chi connectivity index (χ0v) is 7.90. The second kappa shape index (κ2) is 5.43. The van der Waals surface area contributed by atoms with Gasteiger partial charge in [-0.25, -0.2) is 0 Å². The molecule has 0 aliphatic heterocycles. The van der Waals surface area contributed by atoms with Crippen molar-refractivity contribution in [1.82, 2.24) is 5.32 Å². The first kappa shape index (κ1) is 9.86. The van der Waals surface area contributed by atoms with Crippen LogP contribution in [0.2, 0.25) is 0 Å². The van der Waals surface area contributed by atoms with Crippen molar-refractivity contribution in [3.63, 3.8) is 0 Å². The number of aliphatic hydroxyl groups excluding tert-OH is 1. The Morgan fingerprint density at radius 1 is 1.58 bits per heavy atom. The summed E-state index contributed by atoms with van der Waals surface area (Å²) in [7, 11) is 0. The highest BCUT2D eigenvalue weighted by Gasteiger charge is 2.21. The first-order valence-electron chi connectivity index (χ1n) is 4.28. The number of thioether (sulfide) groups is 1. The SMILES string of the molecule is O=C(CSCCO)NCC1CC1. The maximum Gasteiger partial charge on any atom is 0.230 e. The van der Waals surface area contributed by atoms with Gasteiger partial charge in [-0.1, -0.05) is 0 Å². The Morgan fingerprint density at radius 3 is 2.92 bits per heavy atom. The molecule has 1 aliphatic carbocycles. The normalized spacial score (nSPS) is 16.1. The van der Waals surface area contributed by atoms with E-state index in [-0.39, 0.29) is 12.5 Å². The number of nitrogens with one attached hydrogen (secondary N) is 1. The van der Waals surface area contributed by atoms with Crippen LogP contribution in [0.5, 0.6) is 0 Å². The molecule has 4 heteroatoms. The summed E-state index contributed by atoms with van der Waals surface area (Å²) < 4.78 is 0. The largest absolute Gasteiger partial charge is 0.396 e. The third kappa shape index (κ3) is 4.62. The first-order chi connectivity index (χ1) is 5.83. The maximum atomic E-state index is 11.0. The maximum absolute atomic E-state index is 11.0. The lowest BCUT2D eigenvalue weighted by Crippen LogP contribution is -2.27. The second-order valence-electron chi connectivity index (χ2n) is 3.02. The Kier molecular flexibility index (Phi) is 4.46. The van der Waals surface area contributed by atoms with E-state index in [0.717, 1.165) is 12.5 Å². The Hall–Kier alpha value is -0.220. The summed E-state index contributed by atoms with van der Waals surface area (Å²) >= 11 is 1.47. The number of hydrogen-bond acceptors (Lipinski definition) is 3. The van der Waals surface area contributed by atoms with Crippen molar-refractivity contribution in [1.29, 1.82) is 0 Å². The number of carbonyl (C=O) groups is 1. The molecule has 0 heterocycles. The fourth-order valence-electron chi connectivity index (χ4n) is 0.861. The van der Waals surface area contributed by atoms with E-state index in [0.29, 0.717) is 11.5 Å². The highest BCUT2D eigenvalue weighted by Crippen LogP contribution is 2.27. The lowest BCUT2D eigenvalue weighted by molar-refractivity contribution is -0.118. The van der Waals surface area contributed by atoms with Crippen LogP contribution < -0.4 is 5.32 Å². The molecule has 0 spiro atoms. The molecule has 1 rings (SSSR count). The van der Waals surface area contributed by atoms with E-state index >= 15 is 0 Å². The van der Waals surface area contributed by atoms with Crippen LogP contribution >= 0.6 is 11.8 Å². The molecule has 1 saturated carbocycles. The van der Waals surface area contributed by atoms with E-state index in [1.807, 2.05) is 0 Å². The van der Waals surface area contributed by atoms with E-state index < -0.39 is 0 Å². The third-order valence-corrected chi connectivity index (χ3v) is 2.69. The molecule has 2 N–H and O–H groups in total. The number of amides is 1. The highest BCUT2D eigenvalue weighted by molar-refractivity contribution is 7.99. The second-order valence-corrected chi connectivity index (χ2v) is 4.13. The van der Waals surface area contributed by atoms with Crippen LogP contribution in [0.15, 0.2) is 0 Å². The molecule has 3 nitrogen and oxygen atoms in total. The Morgan fingerprint density at radius 2 is 2.33 bits per heavy atom. The molecular formula is C8H15NO2S. The van der Waals surface area contributed by atoms with E-state index in [1.165, 1.54) is 24.6 Å². The van der Waals surface area contributed by atoms with Crippen molar-refractivity contribution in [2.75, 3.05) is 24.7 Å². The zero-order chi connectivity index (χ0) is 8.81. The lowest BCUT2D eigenvalue weighted by Gasteiger charge is -2.02. The van der Waals surface area contributed by atoms with E-state index in [4.69, 9.17) is 5.11 Å². The van der Waals surface area contributed by atoms with Gasteiger partial charge < -0.3 is 10.4 Å². The zero-order valence-electron chi connectivity index (χ0n) is 7.08. The lowest BCUT2D eigenvalue weighted by atomic mass is 10.4. The average Bonchev–Trinajstić information content (AvgIpc) is 2.84. The van der Waals surface area contributed by atoms with Crippen molar-refractivity contribution in [3.05, 3.63) is 0 Å². The quantitative estimate of drug-likeness (QED) is 0.588. The third-order valence-electron chi connectivity index (χ3n) is 1.75. The van der Waals surface area contributed by atoms with Gasteiger partial charge >= 0.3 is 0 Å². The van der Waals surface area contributed by atoms with E-state index in [2.05, 4.69) is 5.32 Å². The molecule has 0 atom stereocenters. The van der Waals surface area contributed by atoms with Crippen molar-refractivity contribution in [2.45, 2.75) is 12.8 Å². The predicted molar refractivity (Wildman–Crippen MR) is 50.1 cm³/mol. The van der Waals surface area contributed by atoms with Crippen LogP contribution in [0, 0.1) is 5.92 Å². The summed E-state index contributed by atoms with van der Waals surface area (Å²) in [4.78, 5) is 11.0. The van der Waals surface area contributed by atoms with Gasteiger partial charge in [0.1, 0.15) is 0 Å². The summed E-state index contributed by atoms with van der Waals surface area (Å²) in [5.74, 6) is 1.97. The van der Waals surface area contributed by atoms with Crippen molar-refractivity contribution in [3.8, 4) is 0 Å². The number of hydrogen-bond donors (Lipinski definition) is 2. The molecule has 0 aromatic carbocycles. The molecule has 1 amide bonds. The van der Waals surface area contributed by atoms with Gasteiger partial charge in [-0.2, -0.15) is 0 Å². The fraction of sp³-hybridized carbons (Fsp3) is 0.875. The van der Waals surface area contributed by atoms with Crippen LogP contribution in [0.1, 0.15) is 12.8 Å². The van der Waals surface area contributed by atoms with Crippen molar-refractivity contribution < 1.29 is 9.90 Å². The Bertz CT molecular complexity index is 148. The molecule has 1 fully saturated rings. The number of rotatable bonds is 6. The topological polar surface area (TPSA) is 49.3 Å². The summed E-state index contributed by atoms with van der Waals surface area (Å²) in [5, 5.41) is 11.3. The van der Waals surface area contributed by atoms with Crippen LogP contribution in [-0.2, 0) is 4.79 Å². The van der Waals surface area contributed by atoms with Crippen molar-refractivity contribution in [2.24, 2.45) is 5.92 Å². The Labute approximate surface area is 76.9 Å². The fourth-order valence-corrected chi connectivity index (χ4v) is 1.42. The summed E-state index contributed by atoms with van der Waals surface area (Å²) in [5.41, 5.74) is 0. The van der Waals surface area contributed by atoms with Crippen molar-refractivity contribution >= 4 is 17.7 Å². The Balaban J connectivity index is 1.88. The van der Waals surface area contributed by atoms with Gasteiger partial charge in [0.15, 0.2) is 0 Å². The predicted octanol–water partition coefficient (Wildman–Crippen LogP) is 0.238. The number of carbonyl (C=O) groups excluding carboxylic acids is 1. The van der Waals surface area contributed by atoms with Gasteiger partial charge in [0.25, 0.3) is 0 Å². The molecule has 0 radical (unpaired) electrons. The molecule has 0 aromatic rings. The van der Waals surface area contributed by atoms with Gasteiger partial charge in [-0.05, 0) is 18.8 Å². The molecule has 0 saturated heterocycles. The van der Waals surface area contributed by atoms with Crippen LogP contribution in [0.4, 0.5) is 0 Å². The van der Waals surface area contributed by atoms with Gasteiger partial charge in [0.05, 0.1) is 12.4 Å². The molecular weight excluding hydrogens is 174 g/mol. The standard InChI is InChI=1S/C8H15NO2S/c10-3-4-12-6-8(11)9-5-7-1-2-7/h7,10H,1-6H2,(H,9,11). The molecule has 0 aromatic heterocycles. The summed E-state index contributed by atoms with van der Waals surface area (Å²) in [6, 6.07) is 0. The molecule has 1 aliphatic rings. The number of aliphatic hydroxyl groups is 1. The van der Waals surface area contributed by atoms with Crippen LogP contribution in [0.3, 0.4) is 0 Å². The van der Waals surface area contributed by atoms with E-state index in [1.54, 1.807) is 0 Å². The molecule has 0 unspecified atom stereocenters. The minimum absolute atomic E-state index is 0.0975. The minimum Gasteiger partial charge on any atom is -0.396 e. The average molecular weight is 189 g/mol. The molecule has 70 valence electrons. The van der Waals surface area contributed by atoms with Gasteiger partial charge in [-0.3, -0.25) is 4.79 Å². The van der Waals surface area contributed by atoms with E-state index in [9.17, 15) is 4.79 Å². The van der Waals surface area contributed by atoms with Crippen LogP contribution in [-0.4, -0.2) is 35.7 Å². The first-order valence-corrected chi connectivity index (χ1v) is 5.43. The molecule has 0 bridgehead atoms. The summed E-state index contributed by atoms with van der Waals surface area (Å²) in [6.07, 6.45) is 2.54. The van der Waals surface area contributed by atoms with Gasteiger partial charge in [0, 0.05) is 12.3 Å². The van der Waals surface area contributed by atoms with Gasteiger partial charge in [0.2, 0.25) is 5.91 Å².